The molecule has 2 rings (SSSR count). The van der Waals surface area contributed by atoms with E-state index in [0.717, 1.165) is 5.56 Å². The van der Waals surface area contributed by atoms with Crippen LogP contribution in [0.15, 0.2) is 48.5 Å². The number of carboxylic acids is 1. The Hall–Kier alpha value is -3.15. The van der Waals surface area contributed by atoms with Crippen molar-refractivity contribution < 1.29 is 19.5 Å². The molecule has 0 spiro atoms. The lowest BCUT2D eigenvalue weighted by molar-refractivity contribution is 0.0694. The van der Waals surface area contributed by atoms with Crippen LogP contribution in [0.5, 0.6) is 0 Å². The molecule has 142 valence electrons. The summed E-state index contributed by atoms with van der Waals surface area (Å²) in [6.07, 6.45) is 0. The lowest BCUT2D eigenvalue weighted by Gasteiger charge is -2.19. The van der Waals surface area contributed by atoms with Gasteiger partial charge >= 0.3 is 5.97 Å². The Bertz CT molecular complexity index is 809. The molecule has 0 atom stereocenters. The molecule has 0 aliphatic rings. The van der Waals surface area contributed by atoms with Crippen LogP contribution in [0.4, 0.5) is 0 Å². The maximum absolute atomic E-state index is 12.6. The minimum absolute atomic E-state index is 0.0501. The van der Waals surface area contributed by atoms with Gasteiger partial charge in [-0.05, 0) is 55.8 Å². The Balaban J connectivity index is 2.06. The summed E-state index contributed by atoms with van der Waals surface area (Å²) in [5, 5.41) is 8.93. The van der Waals surface area contributed by atoms with E-state index in [9.17, 15) is 14.4 Å². The first-order chi connectivity index (χ1) is 12.9. The molecular formula is C21H24N2O4. The molecule has 27 heavy (non-hydrogen) atoms. The highest BCUT2D eigenvalue weighted by Crippen LogP contribution is 2.12. The highest BCUT2D eigenvalue weighted by atomic mass is 16.4. The van der Waals surface area contributed by atoms with Crippen molar-refractivity contribution in [3.63, 3.8) is 0 Å². The molecule has 2 aromatic carbocycles. The first kappa shape index (κ1) is 20.2. The van der Waals surface area contributed by atoms with E-state index < -0.39 is 5.97 Å². The fraction of sp³-hybridized carbons (Fsp3) is 0.286. The van der Waals surface area contributed by atoms with Crippen LogP contribution in [0.2, 0.25) is 0 Å². The summed E-state index contributed by atoms with van der Waals surface area (Å²) in [4.78, 5) is 39.1. The third-order valence-electron chi connectivity index (χ3n) is 4.40. The number of carboxylic acid groups (broad SMARTS) is 1. The van der Waals surface area contributed by atoms with Gasteiger partial charge in [0.15, 0.2) is 0 Å². The number of hydrogen-bond acceptors (Lipinski definition) is 3. The van der Waals surface area contributed by atoms with Gasteiger partial charge in [-0.1, -0.05) is 12.1 Å². The van der Waals surface area contributed by atoms with Gasteiger partial charge in [0.25, 0.3) is 11.8 Å². The van der Waals surface area contributed by atoms with Gasteiger partial charge in [-0.15, -0.1) is 0 Å². The van der Waals surface area contributed by atoms with Crippen LogP contribution in [0, 0.1) is 0 Å². The van der Waals surface area contributed by atoms with Crippen LogP contribution in [0.3, 0.4) is 0 Å². The first-order valence-corrected chi connectivity index (χ1v) is 8.84. The van der Waals surface area contributed by atoms with E-state index >= 15 is 0 Å². The van der Waals surface area contributed by atoms with Gasteiger partial charge in [0.05, 0.1) is 5.56 Å². The van der Waals surface area contributed by atoms with E-state index in [4.69, 9.17) is 5.11 Å². The van der Waals surface area contributed by atoms with Crippen molar-refractivity contribution in [2.24, 2.45) is 0 Å². The number of carbonyl (C=O) groups is 3. The van der Waals surface area contributed by atoms with E-state index in [0.29, 0.717) is 30.8 Å². The lowest BCUT2D eigenvalue weighted by Crippen LogP contribution is -2.30. The van der Waals surface area contributed by atoms with Gasteiger partial charge in [0, 0.05) is 37.8 Å². The van der Waals surface area contributed by atoms with Gasteiger partial charge in [-0.25, -0.2) is 4.79 Å². The normalized spacial score (nSPS) is 10.3. The molecule has 2 aromatic rings. The Kier molecular flexibility index (Phi) is 6.71. The van der Waals surface area contributed by atoms with Crippen molar-refractivity contribution in [3.8, 4) is 0 Å². The highest BCUT2D eigenvalue weighted by Gasteiger charge is 2.15. The van der Waals surface area contributed by atoms with Crippen LogP contribution in [0.25, 0.3) is 0 Å². The second-order valence-electron chi connectivity index (χ2n) is 6.22. The van der Waals surface area contributed by atoms with Gasteiger partial charge in [0.2, 0.25) is 0 Å². The molecule has 6 nitrogen and oxygen atoms in total. The van der Waals surface area contributed by atoms with Crippen molar-refractivity contribution >= 4 is 17.8 Å². The predicted octanol–water partition coefficient (Wildman–Crippen LogP) is 3.14. The molecule has 1 N–H and O–H groups in total. The molecular weight excluding hydrogens is 344 g/mol. The third kappa shape index (κ3) is 4.94. The zero-order valence-electron chi connectivity index (χ0n) is 15.8. The summed E-state index contributed by atoms with van der Waals surface area (Å²) in [7, 11) is 1.68. The molecule has 0 radical (unpaired) electrons. The molecule has 0 aliphatic carbocycles. The minimum atomic E-state index is -0.981. The largest absolute Gasteiger partial charge is 0.478 e. The topological polar surface area (TPSA) is 77.9 Å². The smallest absolute Gasteiger partial charge is 0.335 e. The summed E-state index contributed by atoms with van der Waals surface area (Å²) < 4.78 is 0. The molecule has 0 fully saturated rings. The number of aromatic carboxylic acids is 1. The number of benzene rings is 2. The fourth-order valence-electron chi connectivity index (χ4n) is 2.77. The first-order valence-electron chi connectivity index (χ1n) is 8.84. The summed E-state index contributed by atoms with van der Waals surface area (Å²) in [6, 6.07) is 13.1. The summed E-state index contributed by atoms with van der Waals surface area (Å²) >= 11 is 0. The standard InChI is InChI=1S/C21H24N2O4/c1-4-23(5-2)20(25)17-12-10-16(11-13-17)19(24)22(3)14-15-6-8-18(9-7-15)21(26)27/h6-13H,4-5,14H2,1-3H3,(H,26,27). The summed E-state index contributed by atoms with van der Waals surface area (Å²) in [6.45, 7) is 5.49. The highest BCUT2D eigenvalue weighted by molar-refractivity contribution is 5.97. The molecule has 0 unspecified atom stereocenters. The number of carbonyl (C=O) groups excluding carboxylic acids is 2. The van der Waals surface area contributed by atoms with Crippen molar-refractivity contribution in [2.75, 3.05) is 20.1 Å². The molecule has 6 heteroatoms. The maximum atomic E-state index is 12.6. The average molecular weight is 368 g/mol. The molecule has 0 aromatic heterocycles. The van der Waals surface area contributed by atoms with Crippen LogP contribution in [-0.4, -0.2) is 52.8 Å². The van der Waals surface area contributed by atoms with Crippen LogP contribution < -0.4 is 0 Å². The van der Waals surface area contributed by atoms with Gasteiger partial charge in [-0.3, -0.25) is 9.59 Å². The number of nitrogens with zero attached hydrogens (tertiary/aromatic N) is 2. The van der Waals surface area contributed by atoms with Gasteiger partial charge < -0.3 is 14.9 Å². The molecule has 2 amide bonds. The van der Waals surface area contributed by atoms with Crippen molar-refractivity contribution in [1.29, 1.82) is 0 Å². The molecule has 0 heterocycles. The van der Waals surface area contributed by atoms with E-state index in [1.807, 2.05) is 13.8 Å². The van der Waals surface area contributed by atoms with Gasteiger partial charge in [-0.2, -0.15) is 0 Å². The predicted molar refractivity (Wildman–Crippen MR) is 103 cm³/mol. The van der Waals surface area contributed by atoms with Crippen LogP contribution in [-0.2, 0) is 6.54 Å². The Morgan fingerprint density at radius 2 is 1.22 bits per heavy atom. The molecule has 0 aliphatic heterocycles. The molecule has 0 saturated carbocycles. The summed E-state index contributed by atoms with van der Waals surface area (Å²) in [5.74, 6) is -1.20. The summed E-state index contributed by atoms with van der Waals surface area (Å²) in [5.41, 5.74) is 2.10. The Morgan fingerprint density at radius 1 is 0.778 bits per heavy atom. The Morgan fingerprint density at radius 3 is 1.67 bits per heavy atom. The van der Waals surface area contributed by atoms with E-state index in [1.165, 1.54) is 12.1 Å². The second-order valence-corrected chi connectivity index (χ2v) is 6.22. The third-order valence-corrected chi connectivity index (χ3v) is 4.40. The zero-order chi connectivity index (χ0) is 20.0. The second kappa shape index (κ2) is 8.98. The number of amides is 2. The molecule has 0 bridgehead atoms. The quantitative estimate of drug-likeness (QED) is 0.814. The van der Waals surface area contributed by atoms with E-state index in [-0.39, 0.29) is 17.4 Å². The van der Waals surface area contributed by atoms with E-state index in [1.54, 1.807) is 53.2 Å². The fourth-order valence-corrected chi connectivity index (χ4v) is 2.77. The van der Waals surface area contributed by atoms with Crippen molar-refractivity contribution in [2.45, 2.75) is 20.4 Å². The lowest BCUT2D eigenvalue weighted by atomic mass is 10.1. The minimum Gasteiger partial charge on any atom is -0.478 e. The van der Waals surface area contributed by atoms with Crippen molar-refractivity contribution in [1.82, 2.24) is 9.80 Å². The maximum Gasteiger partial charge on any atom is 0.335 e. The monoisotopic (exact) mass is 368 g/mol. The number of rotatable bonds is 7. The number of hydrogen-bond donors (Lipinski definition) is 1. The van der Waals surface area contributed by atoms with Crippen LogP contribution >= 0.6 is 0 Å². The van der Waals surface area contributed by atoms with E-state index in [2.05, 4.69) is 0 Å². The SMILES string of the molecule is CCN(CC)C(=O)c1ccc(C(=O)N(C)Cc2ccc(C(=O)O)cc2)cc1. The zero-order valence-corrected chi connectivity index (χ0v) is 15.8. The Labute approximate surface area is 159 Å². The van der Waals surface area contributed by atoms with Crippen molar-refractivity contribution in [3.05, 3.63) is 70.8 Å². The van der Waals surface area contributed by atoms with Crippen LogP contribution in [0.1, 0.15) is 50.5 Å². The molecule has 0 saturated heterocycles. The average Bonchev–Trinajstić information content (AvgIpc) is 2.68. The van der Waals surface area contributed by atoms with Gasteiger partial charge in [0.1, 0.15) is 0 Å².